The molecule has 0 aromatic carbocycles. The molecule has 0 fully saturated rings. The molecular weight excluding hydrogens is 200 g/mol. The minimum absolute atomic E-state index is 0.108. The topological polar surface area (TPSA) is 51.2 Å². The van der Waals surface area contributed by atoms with Crippen LogP contribution in [0.4, 0.5) is 4.79 Å². The molecule has 1 aliphatic heterocycles. The molecule has 0 bridgehead atoms. The molecule has 0 aliphatic carbocycles. The molecule has 0 saturated carbocycles. The van der Waals surface area contributed by atoms with Gasteiger partial charge in [-0.2, -0.15) is 4.89 Å². The van der Waals surface area contributed by atoms with Crippen LogP contribution in [0.1, 0.15) is 0 Å². The first-order chi connectivity index (χ1) is 7.09. The van der Waals surface area contributed by atoms with Gasteiger partial charge in [-0.3, -0.25) is 4.89 Å². The van der Waals surface area contributed by atoms with Crippen molar-refractivity contribution < 1.29 is 19.3 Å². The zero-order chi connectivity index (χ0) is 11.3. The van der Waals surface area contributed by atoms with E-state index in [2.05, 4.69) is 9.78 Å². The first-order valence-corrected chi connectivity index (χ1v) is 4.67. The zero-order valence-corrected chi connectivity index (χ0v) is 9.23. The third-order valence-corrected chi connectivity index (χ3v) is 1.84. The molecule has 1 rings (SSSR count). The van der Waals surface area contributed by atoms with E-state index in [1.54, 1.807) is 13.1 Å². The van der Waals surface area contributed by atoms with Crippen molar-refractivity contribution >= 4 is 6.09 Å². The molecule has 6 heteroatoms. The van der Waals surface area contributed by atoms with Crippen molar-refractivity contribution in [1.82, 2.24) is 9.80 Å². The van der Waals surface area contributed by atoms with Crippen molar-refractivity contribution in [2.24, 2.45) is 0 Å². The number of carbonyl (C=O) groups is 1. The predicted octanol–water partition coefficient (Wildman–Crippen LogP) is 0.420. The van der Waals surface area contributed by atoms with Crippen LogP contribution in [-0.4, -0.2) is 56.7 Å². The average molecular weight is 216 g/mol. The van der Waals surface area contributed by atoms with E-state index in [1.807, 2.05) is 19.0 Å². The van der Waals surface area contributed by atoms with Gasteiger partial charge in [-0.15, -0.1) is 0 Å². The van der Waals surface area contributed by atoms with Gasteiger partial charge in [0, 0.05) is 26.2 Å². The minimum atomic E-state index is -0.450. The summed E-state index contributed by atoms with van der Waals surface area (Å²) >= 11 is 0. The number of nitrogens with zero attached hydrogens (tertiary/aromatic N) is 2. The second-order valence-corrected chi connectivity index (χ2v) is 3.48. The summed E-state index contributed by atoms with van der Waals surface area (Å²) in [6.45, 7) is 1.69. The van der Waals surface area contributed by atoms with E-state index >= 15 is 0 Å². The number of ether oxygens (including phenoxy) is 1. The van der Waals surface area contributed by atoms with Crippen molar-refractivity contribution in [2.75, 3.05) is 40.8 Å². The average Bonchev–Trinajstić information content (AvgIpc) is 2.66. The van der Waals surface area contributed by atoms with Crippen LogP contribution in [0.15, 0.2) is 12.0 Å². The molecule has 0 aromatic rings. The molecule has 1 aliphatic rings. The fraction of sp³-hybridized carbons (Fsp3) is 0.667. The van der Waals surface area contributed by atoms with Crippen LogP contribution in [0.2, 0.25) is 0 Å². The second-order valence-electron chi connectivity index (χ2n) is 3.48. The Labute approximate surface area is 88.9 Å². The van der Waals surface area contributed by atoms with Crippen molar-refractivity contribution in [3.05, 3.63) is 12.0 Å². The lowest BCUT2D eigenvalue weighted by atomic mass is 10.5. The summed E-state index contributed by atoms with van der Waals surface area (Å²) in [5, 5.41) is 0. The quantitative estimate of drug-likeness (QED) is 0.637. The highest BCUT2D eigenvalue weighted by Crippen LogP contribution is 2.09. The van der Waals surface area contributed by atoms with Gasteiger partial charge in [0.1, 0.15) is 6.61 Å². The summed E-state index contributed by atoms with van der Waals surface area (Å²) in [4.78, 5) is 24.0. The Hall–Kier alpha value is -1.27. The maximum atomic E-state index is 11.4. The van der Waals surface area contributed by atoms with Crippen LogP contribution >= 0.6 is 0 Å². The molecule has 0 spiro atoms. The largest absolute Gasteiger partial charge is 0.417 e. The van der Waals surface area contributed by atoms with E-state index in [4.69, 9.17) is 4.74 Å². The molecule has 1 heterocycles. The molecule has 0 aromatic heterocycles. The number of rotatable bonds is 4. The Bertz CT molecular complexity index is 252. The first-order valence-electron chi connectivity index (χ1n) is 4.67. The number of hydrogen-bond acceptors (Lipinski definition) is 5. The van der Waals surface area contributed by atoms with Gasteiger partial charge in [-0.1, -0.05) is 0 Å². The monoisotopic (exact) mass is 216 g/mol. The maximum absolute atomic E-state index is 11.4. The fourth-order valence-corrected chi connectivity index (χ4v) is 0.892. The molecule has 0 radical (unpaired) electrons. The number of likely N-dealkylation sites (N-methyl/N-ethyl adjacent to an activating group) is 2. The zero-order valence-electron chi connectivity index (χ0n) is 9.23. The van der Waals surface area contributed by atoms with E-state index in [0.717, 1.165) is 6.54 Å². The van der Waals surface area contributed by atoms with Gasteiger partial charge < -0.3 is 14.5 Å². The third kappa shape index (κ3) is 4.18. The van der Waals surface area contributed by atoms with Crippen LogP contribution in [0.25, 0.3) is 0 Å². The van der Waals surface area contributed by atoms with Gasteiger partial charge in [-0.25, -0.2) is 4.79 Å². The van der Waals surface area contributed by atoms with Crippen molar-refractivity contribution in [3.63, 3.8) is 0 Å². The van der Waals surface area contributed by atoms with E-state index in [0.29, 0.717) is 13.2 Å². The van der Waals surface area contributed by atoms with Crippen LogP contribution in [0.3, 0.4) is 0 Å². The lowest BCUT2D eigenvalue weighted by Crippen LogP contribution is -2.33. The van der Waals surface area contributed by atoms with Gasteiger partial charge >= 0.3 is 12.0 Å². The smallest absolute Gasteiger partial charge is 0.374 e. The molecule has 0 unspecified atom stereocenters. The highest BCUT2D eigenvalue weighted by Gasteiger charge is 2.16. The molecule has 86 valence electrons. The highest BCUT2D eigenvalue weighted by molar-refractivity contribution is 5.68. The van der Waals surface area contributed by atoms with E-state index < -0.39 is 6.09 Å². The SMILES string of the molecule is CN(C)CCN(C)C(=O)OC1=CCOO1. The summed E-state index contributed by atoms with van der Waals surface area (Å²) in [6.07, 6.45) is 1.10. The van der Waals surface area contributed by atoms with E-state index in [9.17, 15) is 4.79 Å². The Balaban J connectivity index is 2.26. The summed E-state index contributed by atoms with van der Waals surface area (Å²) in [5.74, 6) is 0.108. The second kappa shape index (κ2) is 5.57. The van der Waals surface area contributed by atoms with E-state index in [1.165, 1.54) is 4.90 Å². The Morgan fingerprint density at radius 1 is 1.47 bits per heavy atom. The summed E-state index contributed by atoms with van der Waals surface area (Å²) in [6, 6.07) is 0. The predicted molar refractivity (Wildman–Crippen MR) is 52.8 cm³/mol. The van der Waals surface area contributed by atoms with Crippen molar-refractivity contribution in [2.45, 2.75) is 0 Å². The number of hydrogen-bond donors (Lipinski definition) is 0. The molecule has 6 nitrogen and oxygen atoms in total. The Morgan fingerprint density at radius 3 is 2.73 bits per heavy atom. The van der Waals surface area contributed by atoms with Gasteiger partial charge in [0.15, 0.2) is 0 Å². The standard InChI is InChI=1S/C9H16N2O4/c1-10(2)5-6-11(3)9(12)14-8-4-7-13-15-8/h4H,5-7H2,1-3H3. The third-order valence-electron chi connectivity index (χ3n) is 1.84. The fourth-order valence-electron chi connectivity index (χ4n) is 0.892. The summed E-state index contributed by atoms with van der Waals surface area (Å²) in [7, 11) is 5.55. The molecule has 0 N–H and O–H groups in total. The number of carbonyl (C=O) groups excluding carboxylic acids is 1. The van der Waals surface area contributed by atoms with Crippen molar-refractivity contribution in [1.29, 1.82) is 0 Å². The molecule has 15 heavy (non-hydrogen) atoms. The molecule has 1 amide bonds. The lowest BCUT2D eigenvalue weighted by molar-refractivity contribution is -0.257. The Morgan fingerprint density at radius 2 is 2.20 bits per heavy atom. The molecule has 0 saturated heterocycles. The molecule has 0 atom stereocenters. The summed E-state index contributed by atoms with van der Waals surface area (Å²) < 4.78 is 4.89. The van der Waals surface area contributed by atoms with Crippen LogP contribution in [0.5, 0.6) is 0 Å². The van der Waals surface area contributed by atoms with Gasteiger partial charge in [0.25, 0.3) is 0 Å². The maximum Gasteiger partial charge on any atom is 0.417 e. The molecular formula is C9H16N2O4. The summed E-state index contributed by atoms with van der Waals surface area (Å²) in [5.41, 5.74) is 0. The Kier molecular flexibility index (Phi) is 4.38. The lowest BCUT2D eigenvalue weighted by Gasteiger charge is -2.18. The van der Waals surface area contributed by atoms with E-state index in [-0.39, 0.29) is 5.95 Å². The van der Waals surface area contributed by atoms with Crippen LogP contribution in [0, 0.1) is 0 Å². The first kappa shape index (κ1) is 11.8. The normalized spacial score (nSPS) is 14.8. The van der Waals surface area contributed by atoms with Crippen molar-refractivity contribution in [3.8, 4) is 0 Å². The highest BCUT2D eigenvalue weighted by atomic mass is 17.2. The number of amides is 1. The minimum Gasteiger partial charge on any atom is -0.374 e. The van der Waals surface area contributed by atoms with Crippen LogP contribution < -0.4 is 0 Å². The van der Waals surface area contributed by atoms with Gasteiger partial charge in [-0.05, 0) is 14.1 Å². The van der Waals surface area contributed by atoms with Crippen LogP contribution in [-0.2, 0) is 14.5 Å². The van der Waals surface area contributed by atoms with Gasteiger partial charge in [0.2, 0.25) is 0 Å². The van der Waals surface area contributed by atoms with Gasteiger partial charge in [0.05, 0.1) is 0 Å².